The first kappa shape index (κ1) is 19.4. The molecule has 1 heterocycles. The highest BCUT2D eigenvalue weighted by atomic mass is 19.1. The van der Waals surface area contributed by atoms with Crippen molar-refractivity contribution in [1.82, 2.24) is 10.2 Å². The molecule has 1 aliphatic heterocycles. The molecule has 2 amide bonds. The fourth-order valence-electron chi connectivity index (χ4n) is 3.84. The summed E-state index contributed by atoms with van der Waals surface area (Å²) in [6.45, 7) is 2.38. The molecule has 1 aliphatic carbocycles. The van der Waals surface area contributed by atoms with E-state index in [0.29, 0.717) is 24.8 Å². The van der Waals surface area contributed by atoms with Crippen molar-refractivity contribution in [3.63, 3.8) is 0 Å². The summed E-state index contributed by atoms with van der Waals surface area (Å²) in [7, 11) is 0. The number of halogens is 1. The molecule has 29 heavy (non-hydrogen) atoms. The van der Waals surface area contributed by atoms with Crippen molar-refractivity contribution in [1.29, 1.82) is 0 Å². The van der Waals surface area contributed by atoms with E-state index in [9.17, 15) is 14.0 Å². The lowest BCUT2D eigenvalue weighted by atomic mass is 9.87. The van der Waals surface area contributed by atoms with Crippen LogP contribution in [0.5, 0.6) is 5.75 Å². The molecule has 0 bridgehead atoms. The molecule has 1 unspecified atom stereocenters. The second kappa shape index (κ2) is 8.23. The van der Waals surface area contributed by atoms with Crippen molar-refractivity contribution < 1.29 is 18.7 Å². The van der Waals surface area contributed by atoms with Gasteiger partial charge in [0.15, 0.2) is 6.61 Å². The zero-order valence-corrected chi connectivity index (χ0v) is 16.5. The van der Waals surface area contributed by atoms with Crippen LogP contribution in [0.15, 0.2) is 42.5 Å². The second-order valence-corrected chi connectivity index (χ2v) is 7.64. The maximum atomic E-state index is 13.9. The Morgan fingerprint density at radius 1 is 1.21 bits per heavy atom. The van der Waals surface area contributed by atoms with Crippen LogP contribution in [0.25, 0.3) is 0 Å². The van der Waals surface area contributed by atoms with Crippen molar-refractivity contribution in [2.24, 2.45) is 0 Å². The van der Waals surface area contributed by atoms with E-state index in [-0.39, 0.29) is 30.3 Å². The fourth-order valence-corrected chi connectivity index (χ4v) is 3.84. The number of carbonyl (C=O) groups excluding carboxylic acids is 2. The number of ether oxygens (including phenoxy) is 1. The summed E-state index contributed by atoms with van der Waals surface area (Å²) >= 11 is 0. The zero-order valence-electron chi connectivity index (χ0n) is 16.5. The number of hydrogen-bond acceptors (Lipinski definition) is 3. The number of rotatable bonds is 6. The second-order valence-electron chi connectivity index (χ2n) is 7.64. The van der Waals surface area contributed by atoms with Gasteiger partial charge in [-0.05, 0) is 60.2 Å². The third-order valence-corrected chi connectivity index (χ3v) is 5.45. The number of carbonyl (C=O) groups is 2. The van der Waals surface area contributed by atoms with Crippen molar-refractivity contribution in [3.05, 3.63) is 65.0 Å². The highest BCUT2D eigenvalue weighted by Crippen LogP contribution is 2.37. The van der Waals surface area contributed by atoms with Crippen molar-refractivity contribution >= 4 is 11.8 Å². The predicted molar refractivity (Wildman–Crippen MR) is 107 cm³/mol. The van der Waals surface area contributed by atoms with Crippen molar-refractivity contribution in [3.8, 4) is 5.75 Å². The van der Waals surface area contributed by atoms with Gasteiger partial charge in [0.25, 0.3) is 5.91 Å². The topological polar surface area (TPSA) is 58.6 Å². The number of nitrogens with one attached hydrogen (secondary N) is 1. The van der Waals surface area contributed by atoms with Crippen LogP contribution in [0.3, 0.4) is 0 Å². The summed E-state index contributed by atoms with van der Waals surface area (Å²) in [6.07, 6.45) is 3.18. The molecule has 152 valence electrons. The molecular formula is C23H25FN2O3. The highest BCUT2D eigenvalue weighted by molar-refractivity contribution is 5.78. The number of hydrogen-bond donors (Lipinski definition) is 1. The van der Waals surface area contributed by atoms with Gasteiger partial charge in [-0.3, -0.25) is 9.59 Å². The van der Waals surface area contributed by atoms with Crippen LogP contribution in [0.4, 0.5) is 4.39 Å². The summed E-state index contributed by atoms with van der Waals surface area (Å²) in [4.78, 5) is 26.3. The van der Waals surface area contributed by atoms with Gasteiger partial charge in [-0.15, -0.1) is 0 Å². The van der Waals surface area contributed by atoms with Gasteiger partial charge in [-0.2, -0.15) is 0 Å². The first-order valence-corrected chi connectivity index (χ1v) is 10.1. The summed E-state index contributed by atoms with van der Waals surface area (Å²) in [5.74, 6) is 0.138. The van der Waals surface area contributed by atoms with Gasteiger partial charge in [0.05, 0.1) is 6.04 Å². The molecule has 0 saturated heterocycles. The maximum absolute atomic E-state index is 13.9. The van der Waals surface area contributed by atoms with E-state index in [4.69, 9.17) is 4.74 Å². The molecule has 1 atom stereocenters. The van der Waals surface area contributed by atoms with E-state index in [2.05, 4.69) is 5.32 Å². The number of amides is 2. The Kier molecular flexibility index (Phi) is 5.51. The van der Waals surface area contributed by atoms with Crippen LogP contribution in [-0.4, -0.2) is 35.9 Å². The van der Waals surface area contributed by atoms with Crippen molar-refractivity contribution in [2.45, 2.75) is 44.7 Å². The summed E-state index contributed by atoms with van der Waals surface area (Å²) in [5, 5.41) is 2.90. The van der Waals surface area contributed by atoms with Gasteiger partial charge in [-0.25, -0.2) is 4.39 Å². The summed E-state index contributed by atoms with van der Waals surface area (Å²) < 4.78 is 19.6. The molecular weight excluding hydrogens is 371 g/mol. The number of nitrogens with zero attached hydrogens (tertiary/aromatic N) is 1. The van der Waals surface area contributed by atoms with E-state index in [1.54, 1.807) is 11.0 Å². The SMILES string of the molecule is CCC(=O)N1CCc2ccc(OCC(=O)NC3CC3)cc2C1c1cccc(F)c1. The van der Waals surface area contributed by atoms with Crippen molar-refractivity contribution in [2.75, 3.05) is 13.2 Å². The van der Waals surface area contributed by atoms with Gasteiger partial charge < -0.3 is 15.0 Å². The monoisotopic (exact) mass is 396 g/mol. The third-order valence-electron chi connectivity index (χ3n) is 5.45. The van der Waals surface area contributed by atoms with Gasteiger partial charge >= 0.3 is 0 Å². The molecule has 0 spiro atoms. The Morgan fingerprint density at radius 2 is 2.03 bits per heavy atom. The first-order valence-electron chi connectivity index (χ1n) is 10.1. The van der Waals surface area contributed by atoms with E-state index in [0.717, 1.165) is 36.0 Å². The molecule has 5 nitrogen and oxygen atoms in total. The van der Waals surface area contributed by atoms with Crippen LogP contribution < -0.4 is 10.1 Å². The first-order chi connectivity index (χ1) is 14.0. The average molecular weight is 396 g/mol. The summed E-state index contributed by atoms with van der Waals surface area (Å²) in [6, 6.07) is 12.0. The molecule has 1 N–H and O–H groups in total. The van der Waals surface area contributed by atoms with E-state index < -0.39 is 0 Å². The van der Waals surface area contributed by atoms with E-state index in [1.807, 2.05) is 31.2 Å². The molecule has 2 aliphatic rings. The Morgan fingerprint density at radius 3 is 2.76 bits per heavy atom. The lowest BCUT2D eigenvalue weighted by Gasteiger charge is -2.38. The smallest absolute Gasteiger partial charge is 0.258 e. The Bertz CT molecular complexity index is 926. The number of fused-ring (bicyclic) bond motifs is 1. The lowest BCUT2D eigenvalue weighted by molar-refractivity contribution is -0.133. The predicted octanol–water partition coefficient (Wildman–Crippen LogP) is 3.37. The number of benzene rings is 2. The molecule has 1 fully saturated rings. The standard InChI is InChI=1S/C23H25FN2O3/c1-2-22(28)26-11-10-15-6-9-19(29-14-21(27)25-18-7-8-18)13-20(15)23(26)16-4-3-5-17(24)12-16/h3-6,9,12-13,18,23H,2,7-8,10-11,14H2,1H3,(H,25,27). The fraction of sp³-hybridized carbons (Fsp3) is 0.391. The van der Waals surface area contributed by atoms with Crippen LogP contribution in [-0.2, 0) is 16.0 Å². The van der Waals surface area contributed by atoms with Crippen LogP contribution >= 0.6 is 0 Å². The van der Waals surface area contributed by atoms with E-state index >= 15 is 0 Å². The molecule has 1 saturated carbocycles. The minimum absolute atomic E-state index is 0.0278. The third kappa shape index (κ3) is 4.42. The van der Waals surface area contributed by atoms with Gasteiger partial charge in [0.2, 0.25) is 5.91 Å². The molecule has 0 aromatic heterocycles. The average Bonchev–Trinajstić information content (AvgIpc) is 3.54. The Labute approximate surface area is 169 Å². The Hall–Kier alpha value is -2.89. The molecule has 2 aromatic rings. The van der Waals surface area contributed by atoms with Crippen LogP contribution in [0.2, 0.25) is 0 Å². The zero-order chi connectivity index (χ0) is 20.4. The van der Waals surface area contributed by atoms with Gasteiger partial charge in [0.1, 0.15) is 11.6 Å². The lowest BCUT2D eigenvalue weighted by Crippen LogP contribution is -2.40. The van der Waals surface area contributed by atoms with E-state index in [1.165, 1.54) is 12.1 Å². The van der Waals surface area contributed by atoms with Gasteiger partial charge in [0, 0.05) is 19.0 Å². The molecule has 0 radical (unpaired) electrons. The normalized spacial score (nSPS) is 18.1. The van der Waals surface area contributed by atoms with Gasteiger partial charge in [-0.1, -0.05) is 25.1 Å². The minimum atomic E-state index is -0.370. The highest BCUT2D eigenvalue weighted by Gasteiger charge is 2.32. The van der Waals surface area contributed by atoms with Crippen LogP contribution in [0.1, 0.15) is 48.9 Å². The minimum Gasteiger partial charge on any atom is -0.484 e. The quantitative estimate of drug-likeness (QED) is 0.815. The molecule has 6 heteroatoms. The molecule has 2 aromatic carbocycles. The summed E-state index contributed by atoms with van der Waals surface area (Å²) in [5.41, 5.74) is 2.76. The largest absolute Gasteiger partial charge is 0.484 e. The van der Waals surface area contributed by atoms with Crippen LogP contribution in [0, 0.1) is 5.82 Å². The molecule has 4 rings (SSSR count). The maximum Gasteiger partial charge on any atom is 0.258 e. The Balaban J connectivity index is 1.63.